The molecule has 3 rings (SSSR count). The normalized spacial score (nSPS) is 29.2. The molecule has 3 unspecified atom stereocenters. The summed E-state index contributed by atoms with van der Waals surface area (Å²) in [5.74, 6) is 0.911. The highest BCUT2D eigenvalue weighted by Gasteiger charge is 2.37. The van der Waals surface area contributed by atoms with Crippen LogP contribution in [-0.2, 0) is 11.3 Å². The highest BCUT2D eigenvalue weighted by molar-refractivity contribution is 7.12. The summed E-state index contributed by atoms with van der Waals surface area (Å²) in [4.78, 5) is 14.9. The van der Waals surface area contributed by atoms with Crippen molar-refractivity contribution in [3.63, 3.8) is 0 Å². The zero-order valence-electron chi connectivity index (χ0n) is 12.4. The van der Waals surface area contributed by atoms with E-state index in [2.05, 4.69) is 30.5 Å². The lowest BCUT2D eigenvalue weighted by Gasteiger charge is -2.24. The number of carbonyl (C=O) groups excluding carboxylic acids is 1. The fraction of sp³-hybridized carbons (Fsp3) is 0.688. The van der Waals surface area contributed by atoms with Gasteiger partial charge in [0.15, 0.2) is 0 Å². The van der Waals surface area contributed by atoms with Crippen LogP contribution in [0.4, 0.5) is 0 Å². The van der Waals surface area contributed by atoms with Gasteiger partial charge in [-0.1, -0.05) is 12.8 Å². The molecule has 1 aromatic heterocycles. The first-order valence-corrected chi connectivity index (χ1v) is 8.55. The number of amides is 1. The molecule has 1 amide bonds. The van der Waals surface area contributed by atoms with Crippen LogP contribution in [0.3, 0.4) is 0 Å². The van der Waals surface area contributed by atoms with Crippen molar-refractivity contribution in [3.8, 4) is 0 Å². The summed E-state index contributed by atoms with van der Waals surface area (Å²) in [5, 5.41) is 6.64. The minimum absolute atomic E-state index is 0.0326. The van der Waals surface area contributed by atoms with E-state index in [9.17, 15) is 4.79 Å². The van der Waals surface area contributed by atoms with Crippen LogP contribution < -0.4 is 10.6 Å². The van der Waals surface area contributed by atoms with Gasteiger partial charge in [0, 0.05) is 15.8 Å². The standard InChI is InChI=1S/C16H24N2OS/c1-10-7-13(20-11(10)2)9-17-16(19)15-8-12-5-3-4-6-14(12)18-15/h7,12,14-15,18H,3-6,8-9H2,1-2H3,(H,17,19). The predicted octanol–water partition coefficient (Wildman–Crippen LogP) is 2.90. The molecule has 2 heterocycles. The molecule has 3 atom stereocenters. The second-order valence-electron chi connectivity index (χ2n) is 6.28. The molecule has 1 aromatic rings. The lowest BCUT2D eigenvalue weighted by molar-refractivity contribution is -0.123. The topological polar surface area (TPSA) is 41.1 Å². The second kappa shape index (κ2) is 5.86. The van der Waals surface area contributed by atoms with E-state index in [-0.39, 0.29) is 11.9 Å². The molecule has 2 N–H and O–H groups in total. The zero-order valence-corrected chi connectivity index (χ0v) is 13.2. The summed E-state index contributed by atoms with van der Waals surface area (Å²) in [7, 11) is 0. The van der Waals surface area contributed by atoms with E-state index < -0.39 is 0 Å². The first kappa shape index (κ1) is 14.1. The fourth-order valence-electron chi connectivity index (χ4n) is 3.56. The van der Waals surface area contributed by atoms with Gasteiger partial charge in [-0.3, -0.25) is 4.79 Å². The number of hydrogen-bond donors (Lipinski definition) is 2. The number of aryl methyl sites for hydroxylation is 2. The minimum Gasteiger partial charge on any atom is -0.350 e. The molecule has 2 aliphatic rings. The molecule has 1 aliphatic carbocycles. The van der Waals surface area contributed by atoms with Crippen LogP contribution in [0.5, 0.6) is 0 Å². The van der Waals surface area contributed by atoms with Crippen molar-refractivity contribution in [2.24, 2.45) is 5.92 Å². The first-order valence-electron chi connectivity index (χ1n) is 7.73. The molecule has 110 valence electrons. The maximum atomic E-state index is 12.3. The van der Waals surface area contributed by atoms with E-state index in [1.807, 2.05) is 0 Å². The number of rotatable bonds is 3. The maximum absolute atomic E-state index is 12.3. The molecule has 2 fully saturated rings. The van der Waals surface area contributed by atoms with Gasteiger partial charge in [-0.15, -0.1) is 11.3 Å². The Hall–Kier alpha value is -0.870. The first-order chi connectivity index (χ1) is 9.63. The monoisotopic (exact) mass is 292 g/mol. The van der Waals surface area contributed by atoms with Gasteiger partial charge in [0.2, 0.25) is 5.91 Å². The van der Waals surface area contributed by atoms with E-state index in [1.165, 1.54) is 41.0 Å². The van der Waals surface area contributed by atoms with Gasteiger partial charge >= 0.3 is 0 Å². The Morgan fingerprint density at radius 1 is 1.40 bits per heavy atom. The average molecular weight is 292 g/mol. The molecule has 0 aromatic carbocycles. The van der Waals surface area contributed by atoms with Crippen molar-refractivity contribution in [1.82, 2.24) is 10.6 Å². The van der Waals surface area contributed by atoms with Crippen LogP contribution in [-0.4, -0.2) is 18.0 Å². The lowest BCUT2D eigenvalue weighted by atomic mass is 9.85. The van der Waals surface area contributed by atoms with E-state index in [0.717, 1.165) is 12.3 Å². The molecule has 3 nitrogen and oxygen atoms in total. The summed E-state index contributed by atoms with van der Waals surface area (Å²) in [6.45, 7) is 4.93. The Balaban J connectivity index is 1.52. The predicted molar refractivity (Wildman–Crippen MR) is 82.9 cm³/mol. The minimum atomic E-state index is 0.0326. The van der Waals surface area contributed by atoms with Gasteiger partial charge in [-0.2, -0.15) is 0 Å². The molecule has 20 heavy (non-hydrogen) atoms. The summed E-state index contributed by atoms with van der Waals surface area (Å²) in [5.41, 5.74) is 1.32. The third kappa shape index (κ3) is 2.91. The van der Waals surface area contributed by atoms with E-state index in [0.29, 0.717) is 12.6 Å². The van der Waals surface area contributed by atoms with Gasteiger partial charge in [0.25, 0.3) is 0 Å². The Kier molecular flexibility index (Phi) is 4.13. The zero-order chi connectivity index (χ0) is 14.1. The number of nitrogens with one attached hydrogen (secondary N) is 2. The largest absolute Gasteiger partial charge is 0.350 e. The number of carbonyl (C=O) groups is 1. The molecular weight excluding hydrogens is 268 g/mol. The van der Waals surface area contributed by atoms with Crippen LogP contribution in [0.25, 0.3) is 0 Å². The Bertz CT molecular complexity index is 463. The van der Waals surface area contributed by atoms with Crippen molar-refractivity contribution in [3.05, 3.63) is 21.4 Å². The summed E-state index contributed by atoms with van der Waals surface area (Å²) in [6, 6.07) is 2.80. The smallest absolute Gasteiger partial charge is 0.237 e. The number of thiophene rings is 1. The van der Waals surface area contributed by atoms with Crippen molar-refractivity contribution in [2.75, 3.05) is 0 Å². The van der Waals surface area contributed by atoms with Gasteiger partial charge in [0.05, 0.1) is 12.6 Å². The quantitative estimate of drug-likeness (QED) is 0.899. The van der Waals surface area contributed by atoms with E-state index in [4.69, 9.17) is 0 Å². The molecule has 0 spiro atoms. The number of hydrogen-bond acceptors (Lipinski definition) is 3. The van der Waals surface area contributed by atoms with Crippen LogP contribution in [0.2, 0.25) is 0 Å². The molecular formula is C16H24N2OS. The molecule has 0 radical (unpaired) electrons. The molecule has 1 saturated heterocycles. The maximum Gasteiger partial charge on any atom is 0.237 e. The highest BCUT2D eigenvalue weighted by atomic mass is 32.1. The Labute approximate surface area is 125 Å². The highest BCUT2D eigenvalue weighted by Crippen LogP contribution is 2.33. The Morgan fingerprint density at radius 2 is 2.20 bits per heavy atom. The fourth-order valence-corrected chi connectivity index (χ4v) is 4.55. The van der Waals surface area contributed by atoms with Gasteiger partial charge in [-0.05, 0) is 50.7 Å². The number of fused-ring (bicyclic) bond motifs is 1. The molecule has 4 heteroatoms. The van der Waals surface area contributed by atoms with Crippen LogP contribution in [0, 0.1) is 19.8 Å². The van der Waals surface area contributed by atoms with Gasteiger partial charge in [0.1, 0.15) is 0 Å². The summed E-state index contributed by atoms with van der Waals surface area (Å²) < 4.78 is 0. The average Bonchev–Trinajstić information content (AvgIpc) is 3.00. The van der Waals surface area contributed by atoms with Crippen LogP contribution in [0.15, 0.2) is 6.07 Å². The van der Waals surface area contributed by atoms with E-state index >= 15 is 0 Å². The third-order valence-corrected chi connectivity index (χ3v) is 5.99. The lowest BCUT2D eigenvalue weighted by Crippen LogP contribution is -2.42. The van der Waals surface area contributed by atoms with Crippen molar-refractivity contribution >= 4 is 17.2 Å². The van der Waals surface area contributed by atoms with Gasteiger partial charge < -0.3 is 10.6 Å². The van der Waals surface area contributed by atoms with Crippen LogP contribution in [0.1, 0.15) is 47.4 Å². The van der Waals surface area contributed by atoms with Crippen LogP contribution >= 0.6 is 11.3 Å². The van der Waals surface area contributed by atoms with Gasteiger partial charge in [-0.25, -0.2) is 0 Å². The van der Waals surface area contributed by atoms with Crippen molar-refractivity contribution < 1.29 is 4.79 Å². The molecule has 1 saturated carbocycles. The Morgan fingerprint density at radius 3 is 2.90 bits per heavy atom. The summed E-state index contributed by atoms with van der Waals surface area (Å²) in [6.07, 6.45) is 6.22. The SMILES string of the molecule is Cc1cc(CNC(=O)C2CC3CCCCC3N2)sc1C. The third-order valence-electron chi connectivity index (χ3n) is 4.83. The molecule has 0 bridgehead atoms. The van der Waals surface area contributed by atoms with E-state index in [1.54, 1.807) is 11.3 Å². The second-order valence-corrected chi connectivity index (χ2v) is 7.62. The van der Waals surface area contributed by atoms with Crippen molar-refractivity contribution in [1.29, 1.82) is 0 Å². The van der Waals surface area contributed by atoms with Crippen molar-refractivity contribution in [2.45, 2.75) is 64.6 Å². The summed E-state index contributed by atoms with van der Waals surface area (Å²) >= 11 is 1.78. The molecule has 1 aliphatic heterocycles.